The zero-order chi connectivity index (χ0) is 19.1. The molecule has 0 unspecified atom stereocenters. The Balaban J connectivity index is 1.43. The molecule has 1 aliphatic rings. The fourth-order valence-electron chi connectivity index (χ4n) is 2.95. The molecule has 1 heterocycles. The molecule has 1 aliphatic heterocycles. The van der Waals surface area contributed by atoms with Crippen molar-refractivity contribution in [2.75, 3.05) is 24.6 Å². The van der Waals surface area contributed by atoms with Gasteiger partial charge in [-0.2, -0.15) is 0 Å². The molecule has 0 spiro atoms. The van der Waals surface area contributed by atoms with Gasteiger partial charge in [-0.15, -0.1) is 0 Å². The molecule has 1 N–H and O–H groups in total. The van der Waals surface area contributed by atoms with Gasteiger partial charge in [-0.3, -0.25) is 4.79 Å². The summed E-state index contributed by atoms with van der Waals surface area (Å²) in [6, 6.07) is 16.3. The highest BCUT2D eigenvalue weighted by atomic mass is 32.2. The molecule has 1 amide bonds. The van der Waals surface area contributed by atoms with Gasteiger partial charge in [0, 0.05) is 31.8 Å². The molecule has 2 aromatic carbocycles. The van der Waals surface area contributed by atoms with E-state index in [-0.39, 0.29) is 10.8 Å². The van der Waals surface area contributed by atoms with Crippen LogP contribution in [0.1, 0.15) is 24.8 Å². The summed E-state index contributed by atoms with van der Waals surface area (Å²) in [5.41, 5.74) is 1.83. The van der Waals surface area contributed by atoms with Crippen LogP contribution in [-0.4, -0.2) is 34.0 Å². The quantitative estimate of drug-likeness (QED) is 0.670. The van der Waals surface area contributed by atoms with Crippen LogP contribution in [0.25, 0.3) is 0 Å². The van der Waals surface area contributed by atoms with Crippen LogP contribution in [0.4, 0.5) is 5.69 Å². The second kappa shape index (κ2) is 9.12. The molecular formula is C20H24N2O4S. The third kappa shape index (κ3) is 5.38. The summed E-state index contributed by atoms with van der Waals surface area (Å²) >= 11 is 0. The molecule has 0 aromatic heterocycles. The number of hydrogen-bond donors (Lipinski definition) is 1. The Morgan fingerprint density at radius 1 is 1.04 bits per heavy atom. The smallest absolute Gasteiger partial charge is 0.240 e. The predicted octanol–water partition coefficient (Wildman–Crippen LogP) is 2.70. The second-order valence-electron chi connectivity index (χ2n) is 6.43. The Labute approximate surface area is 160 Å². The first kappa shape index (κ1) is 19.5. The van der Waals surface area contributed by atoms with Crippen LogP contribution in [0.15, 0.2) is 59.5 Å². The Hall–Kier alpha value is -2.22. The van der Waals surface area contributed by atoms with Crippen LogP contribution in [0, 0.1) is 0 Å². The predicted molar refractivity (Wildman–Crippen MR) is 104 cm³/mol. The van der Waals surface area contributed by atoms with Crippen molar-refractivity contribution in [3.8, 4) is 0 Å². The second-order valence-corrected chi connectivity index (χ2v) is 8.20. The molecule has 0 radical (unpaired) electrons. The molecule has 0 atom stereocenters. The fourth-order valence-corrected chi connectivity index (χ4v) is 4.03. The van der Waals surface area contributed by atoms with Crippen molar-refractivity contribution in [3.63, 3.8) is 0 Å². The number of sulfonamides is 1. The van der Waals surface area contributed by atoms with E-state index >= 15 is 0 Å². The number of nitrogens with zero attached hydrogens (tertiary/aromatic N) is 1. The van der Waals surface area contributed by atoms with Crippen molar-refractivity contribution in [2.24, 2.45) is 0 Å². The molecule has 0 saturated carbocycles. The lowest BCUT2D eigenvalue weighted by atomic mass is 10.2. The van der Waals surface area contributed by atoms with Gasteiger partial charge in [0.15, 0.2) is 0 Å². The van der Waals surface area contributed by atoms with Gasteiger partial charge < -0.3 is 9.64 Å². The molecule has 3 rings (SSSR count). The maximum Gasteiger partial charge on any atom is 0.240 e. The first-order chi connectivity index (χ1) is 13.1. The third-order valence-electron chi connectivity index (χ3n) is 4.40. The first-order valence-corrected chi connectivity index (χ1v) is 10.6. The zero-order valence-electron chi connectivity index (χ0n) is 15.1. The minimum Gasteiger partial charge on any atom is -0.377 e. The highest BCUT2D eigenvalue weighted by Gasteiger charge is 2.22. The van der Waals surface area contributed by atoms with Crippen LogP contribution < -0.4 is 9.62 Å². The van der Waals surface area contributed by atoms with E-state index in [1.54, 1.807) is 17.0 Å². The Morgan fingerprint density at radius 3 is 2.44 bits per heavy atom. The third-order valence-corrected chi connectivity index (χ3v) is 5.88. The molecule has 6 nitrogen and oxygen atoms in total. The van der Waals surface area contributed by atoms with Gasteiger partial charge >= 0.3 is 0 Å². The van der Waals surface area contributed by atoms with Crippen molar-refractivity contribution in [3.05, 3.63) is 60.2 Å². The van der Waals surface area contributed by atoms with E-state index in [2.05, 4.69) is 4.72 Å². The van der Waals surface area contributed by atoms with Gasteiger partial charge in [0.1, 0.15) is 0 Å². The van der Waals surface area contributed by atoms with Crippen molar-refractivity contribution < 1.29 is 17.9 Å². The summed E-state index contributed by atoms with van der Waals surface area (Å²) in [6.07, 6.45) is 1.98. The SMILES string of the molecule is O=C1CCCN1c1ccc(S(=O)(=O)NCCCOCc2ccccc2)cc1. The van der Waals surface area contributed by atoms with Crippen molar-refractivity contribution in [1.82, 2.24) is 4.72 Å². The average molecular weight is 388 g/mol. The molecule has 1 saturated heterocycles. The number of nitrogens with one attached hydrogen (secondary N) is 1. The van der Waals surface area contributed by atoms with Crippen LogP contribution in [0.5, 0.6) is 0 Å². The normalized spacial score (nSPS) is 14.7. The van der Waals surface area contributed by atoms with E-state index in [9.17, 15) is 13.2 Å². The number of hydrogen-bond acceptors (Lipinski definition) is 4. The van der Waals surface area contributed by atoms with Gasteiger partial charge in [0.25, 0.3) is 0 Å². The largest absolute Gasteiger partial charge is 0.377 e. The zero-order valence-corrected chi connectivity index (χ0v) is 16.0. The van der Waals surface area contributed by atoms with Crippen molar-refractivity contribution >= 4 is 21.6 Å². The average Bonchev–Trinajstić information content (AvgIpc) is 3.11. The van der Waals surface area contributed by atoms with Crippen LogP contribution in [-0.2, 0) is 26.2 Å². The standard InChI is InChI=1S/C20H24N2O4S/c23-20-8-4-14-22(20)18-9-11-19(12-10-18)27(24,25)21-13-5-15-26-16-17-6-2-1-3-7-17/h1-3,6-7,9-12,21H,4-5,8,13-16H2. The van der Waals surface area contributed by atoms with Crippen LogP contribution >= 0.6 is 0 Å². The van der Waals surface area contributed by atoms with E-state index in [0.29, 0.717) is 39.1 Å². The Bertz CT molecular complexity index is 851. The lowest BCUT2D eigenvalue weighted by Crippen LogP contribution is -2.26. The minimum absolute atomic E-state index is 0.0826. The molecule has 2 aromatic rings. The van der Waals surface area contributed by atoms with E-state index in [1.165, 1.54) is 12.1 Å². The van der Waals surface area contributed by atoms with E-state index in [0.717, 1.165) is 17.7 Å². The highest BCUT2D eigenvalue weighted by molar-refractivity contribution is 7.89. The van der Waals surface area contributed by atoms with Gasteiger partial charge in [-0.05, 0) is 42.7 Å². The number of carbonyl (C=O) groups is 1. The number of benzene rings is 2. The van der Waals surface area contributed by atoms with Gasteiger partial charge in [0.2, 0.25) is 15.9 Å². The van der Waals surface area contributed by atoms with Crippen LogP contribution in [0.3, 0.4) is 0 Å². The lowest BCUT2D eigenvalue weighted by Gasteiger charge is -2.16. The number of ether oxygens (including phenoxy) is 1. The molecule has 0 bridgehead atoms. The number of carbonyl (C=O) groups excluding carboxylic acids is 1. The summed E-state index contributed by atoms with van der Waals surface area (Å²) in [5, 5.41) is 0. The van der Waals surface area contributed by atoms with Gasteiger partial charge in [-0.1, -0.05) is 30.3 Å². The molecule has 144 valence electrons. The molecule has 1 fully saturated rings. The van der Waals surface area contributed by atoms with Crippen LogP contribution in [0.2, 0.25) is 0 Å². The first-order valence-electron chi connectivity index (χ1n) is 9.08. The highest BCUT2D eigenvalue weighted by Crippen LogP contribution is 2.22. The fraction of sp³-hybridized carbons (Fsp3) is 0.350. The number of rotatable bonds is 9. The molecule has 7 heteroatoms. The monoisotopic (exact) mass is 388 g/mol. The van der Waals surface area contributed by atoms with Crippen molar-refractivity contribution in [2.45, 2.75) is 30.8 Å². The van der Waals surface area contributed by atoms with Gasteiger partial charge in [0.05, 0.1) is 11.5 Å². The summed E-state index contributed by atoms with van der Waals surface area (Å²) in [5.74, 6) is 0.0826. The minimum atomic E-state index is -3.56. The van der Waals surface area contributed by atoms with Gasteiger partial charge in [-0.25, -0.2) is 13.1 Å². The molecule has 0 aliphatic carbocycles. The van der Waals surface area contributed by atoms with E-state index in [4.69, 9.17) is 4.74 Å². The maximum atomic E-state index is 12.4. The van der Waals surface area contributed by atoms with E-state index in [1.807, 2.05) is 30.3 Å². The molecule has 27 heavy (non-hydrogen) atoms. The number of amides is 1. The van der Waals surface area contributed by atoms with Crippen molar-refractivity contribution in [1.29, 1.82) is 0 Å². The maximum absolute atomic E-state index is 12.4. The summed E-state index contributed by atoms with van der Waals surface area (Å²) in [7, 11) is -3.56. The topological polar surface area (TPSA) is 75.7 Å². The Kier molecular flexibility index (Phi) is 6.60. The van der Waals surface area contributed by atoms with E-state index < -0.39 is 10.0 Å². The lowest BCUT2D eigenvalue weighted by molar-refractivity contribution is -0.117. The Morgan fingerprint density at radius 2 is 1.78 bits per heavy atom. The number of anilines is 1. The molecular weight excluding hydrogens is 364 g/mol. The summed E-state index contributed by atoms with van der Waals surface area (Å²) < 4.78 is 32.8. The summed E-state index contributed by atoms with van der Waals surface area (Å²) in [6.45, 7) is 1.99. The summed E-state index contributed by atoms with van der Waals surface area (Å²) in [4.78, 5) is 13.6.